The van der Waals surface area contributed by atoms with E-state index in [1.54, 1.807) is 0 Å². The fraction of sp³-hybridized carbons (Fsp3) is 0.462. The predicted octanol–water partition coefficient (Wildman–Crippen LogP) is 6.77. The molecule has 0 amide bonds. The predicted molar refractivity (Wildman–Crippen MR) is 122 cm³/mol. The number of aryl methyl sites for hydroxylation is 3. The molecule has 0 aliphatic rings. The number of nitrogens with zero attached hydrogens (tertiary/aromatic N) is 3. The minimum Gasteiger partial charge on any atom is -0.351 e. The average Bonchev–Trinajstić information content (AvgIpc) is 3.13. The van der Waals surface area contributed by atoms with Crippen LogP contribution in [-0.2, 0) is 31.9 Å². The molecule has 3 nitrogen and oxygen atoms in total. The Bertz CT molecular complexity index is 943. The normalized spacial score (nSPS) is 11.4. The summed E-state index contributed by atoms with van der Waals surface area (Å²) in [4.78, 5) is 9.50. The fourth-order valence-corrected chi connectivity index (χ4v) is 3.91. The standard InChI is InChI=1S/C26H34N3.Ir/c1-7-8-9-10-12-21-17-19(2)24(20(3)18-21)29-16-15-27-25(29)22-13-11-14-23(28-22)26(4,5)6;/h11,14-18H,7-10,12H2,1-6H3;/q-1;. The first-order valence-corrected chi connectivity index (χ1v) is 10.8. The van der Waals surface area contributed by atoms with Crippen molar-refractivity contribution in [3.8, 4) is 17.2 Å². The van der Waals surface area contributed by atoms with E-state index in [9.17, 15) is 0 Å². The summed E-state index contributed by atoms with van der Waals surface area (Å²) in [6.45, 7) is 13.2. The van der Waals surface area contributed by atoms with Gasteiger partial charge in [0, 0.05) is 38.2 Å². The van der Waals surface area contributed by atoms with Crippen LogP contribution in [0.3, 0.4) is 0 Å². The van der Waals surface area contributed by atoms with Crippen LogP contribution in [0.15, 0.2) is 36.7 Å². The van der Waals surface area contributed by atoms with Crippen molar-refractivity contribution in [3.05, 3.63) is 65.1 Å². The molecule has 163 valence electrons. The first-order chi connectivity index (χ1) is 13.8. The quantitative estimate of drug-likeness (QED) is 0.228. The molecule has 0 N–H and O–H groups in total. The summed E-state index contributed by atoms with van der Waals surface area (Å²) >= 11 is 0. The number of hydrogen-bond donors (Lipinski definition) is 0. The molecule has 1 aromatic carbocycles. The summed E-state index contributed by atoms with van der Waals surface area (Å²) in [7, 11) is 0. The van der Waals surface area contributed by atoms with E-state index in [0.717, 1.165) is 23.6 Å². The number of imidazole rings is 1. The van der Waals surface area contributed by atoms with E-state index in [2.05, 4.69) is 69.3 Å². The van der Waals surface area contributed by atoms with Gasteiger partial charge in [-0.05, 0) is 60.2 Å². The topological polar surface area (TPSA) is 30.7 Å². The Morgan fingerprint density at radius 3 is 2.37 bits per heavy atom. The summed E-state index contributed by atoms with van der Waals surface area (Å²) in [5.41, 5.74) is 7.03. The first kappa shape index (κ1) is 24.5. The van der Waals surface area contributed by atoms with Crippen molar-refractivity contribution in [2.75, 3.05) is 0 Å². The smallest absolute Gasteiger partial charge is 0.0614 e. The Kier molecular flexibility index (Phi) is 8.58. The van der Waals surface area contributed by atoms with E-state index in [-0.39, 0.29) is 25.5 Å². The zero-order valence-corrected chi connectivity index (χ0v) is 21.6. The molecule has 3 aromatic rings. The maximum absolute atomic E-state index is 4.87. The van der Waals surface area contributed by atoms with Crippen molar-refractivity contribution in [1.82, 2.24) is 14.5 Å². The van der Waals surface area contributed by atoms with Crippen LogP contribution >= 0.6 is 0 Å². The molecule has 1 radical (unpaired) electrons. The van der Waals surface area contributed by atoms with Gasteiger partial charge >= 0.3 is 0 Å². The molecule has 2 aromatic heterocycles. The molecule has 0 saturated carbocycles. The van der Waals surface area contributed by atoms with Gasteiger partial charge in [-0.3, -0.25) is 9.97 Å². The van der Waals surface area contributed by atoms with Crippen molar-refractivity contribution in [2.45, 2.75) is 79.1 Å². The van der Waals surface area contributed by atoms with Crippen molar-refractivity contribution < 1.29 is 20.1 Å². The molecule has 0 bridgehead atoms. The second-order valence-corrected chi connectivity index (χ2v) is 9.08. The Labute approximate surface area is 195 Å². The molecular formula is C26H34IrN3-. The average molecular weight is 581 g/mol. The van der Waals surface area contributed by atoms with Crippen molar-refractivity contribution >= 4 is 0 Å². The van der Waals surface area contributed by atoms with Crippen molar-refractivity contribution in [2.24, 2.45) is 0 Å². The van der Waals surface area contributed by atoms with Gasteiger partial charge in [0.15, 0.2) is 0 Å². The maximum Gasteiger partial charge on any atom is 0.0614 e. The van der Waals surface area contributed by atoms with Gasteiger partial charge in [-0.15, -0.1) is 6.07 Å². The number of hydrogen-bond acceptors (Lipinski definition) is 2. The third-order valence-corrected chi connectivity index (χ3v) is 5.43. The van der Waals surface area contributed by atoms with Crippen LogP contribution in [0.4, 0.5) is 0 Å². The van der Waals surface area contributed by atoms with E-state index in [4.69, 9.17) is 4.98 Å². The van der Waals surface area contributed by atoms with Gasteiger partial charge in [-0.2, -0.15) is 12.1 Å². The molecular weight excluding hydrogens is 547 g/mol. The summed E-state index contributed by atoms with van der Waals surface area (Å²) < 4.78 is 2.16. The van der Waals surface area contributed by atoms with E-state index >= 15 is 0 Å². The number of unbranched alkanes of at least 4 members (excludes halogenated alkanes) is 3. The van der Waals surface area contributed by atoms with Crippen molar-refractivity contribution in [3.63, 3.8) is 0 Å². The Morgan fingerprint density at radius 1 is 1.03 bits per heavy atom. The Balaban J connectivity index is 0.00000320. The maximum atomic E-state index is 4.87. The Hall–Kier alpha value is -1.77. The molecule has 30 heavy (non-hydrogen) atoms. The van der Waals surface area contributed by atoms with Gasteiger partial charge < -0.3 is 4.57 Å². The van der Waals surface area contributed by atoms with Crippen molar-refractivity contribution in [1.29, 1.82) is 0 Å². The molecule has 0 aliphatic heterocycles. The number of rotatable bonds is 7. The molecule has 3 rings (SSSR count). The third kappa shape index (κ3) is 5.68. The van der Waals surface area contributed by atoms with Crippen LogP contribution in [0.1, 0.15) is 75.8 Å². The van der Waals surface area contributed by atoms with Gasteiger partial charge in [-0.1, -0.05) is 59.1 Å². The monoisotopic (exact) mass is 581 g/mol. The minimum atomic E-state index is -0.00741. The largest absolute Gasteiger partial charge is 0.351 e. The van der Waals surface area contributed by atoms with Gasteiger partial charge in [-0.25, -0.2) is 0 Å². The van der Waals surface area contributed by atoms with Gasteiger partial charge in [0.1, 0.15) is 0 Å². The van der Waals surface area contributed by atoms with E-state index in [0.29, 0.717) is 0 Å². The van der Waals surface area contributed by atoms with Crippen LogP contribution in [0.2, 0.25) is 0 Å². The van der Waals surface area contributed by atoms with Crippen LogP contribution < -0.4 is 0 Å². The molecule has 0 unspecified atom stereocenters. The van der Waals surface area contributed by atoms with Crippen LogP contribution in [-0.4, -0.2) is 14.5 Å². The van der Waals surface area contributed by atoms with Gasteiger partial charge in [0.2, 0.25) is 0 Å². The van der Waals surface area contributed by atoms with Crippen LogP contribution in [0.5, 0.6) is 0 Å². The summed E-state index contributed by atoms with van der Waals surface area (Å²) in [6, 6.07) is 12.0. The molecule has 0 aliphatic carbocycles. The SMILES string of the molecule is CCCCCCc1cc(C)c(-n2ccnc2-c2[c-]ccc(C(C)(C)C)n2)c(C)c1.[Ir]. The zero-order valence-electron chi connectivity index (χ0n) is 19.2. The molecule has 0 atom stereocenters. The minimum absolute atomic E-state index is 0. The van der Waals surface area contributed by atoms with E-state index in [1.165, 1.54) is 48.1 Å². The molecule has 0 fully saturated rings. The summed E-state index contributed by atoms with van der Waals surface area (Å²) in [6.07, 6.45) is 10.2. The van der Waals surface area contributed by atoms with Crippen LogP contribution in [0.25, 0.3) is 17.2 Å². The zero-order chi connectivity index (χ0) is 21.0. The molecule has 4 heteroatoms. The number of pyridine rings is 1. The summed E-state index contributed by atoms with van der Waals surface area (Å²) in [5.74, 6) is 0.845. The Morgan fingerprint density at radius 2 is 1.73 bits per heavy atom. The van der Waals surface area contributed by atoms with Gasteiger partial charge in [0.05, 0.1) is 5.82 Å². The van der Waals surface area contributed by atoms with E-state index < -0.39 is 0 Å². The third-order valence-electron chi connectivity index (χ3n) is 5.43. The van der Waals surface area contributed by atoms with Crippen LogP contribution in [0, 0.1) is 19.9 Å². The summed E-state index contributed by atoms with van der Waals surface area (Å²) in [5, 5.41) is 0. The molecule has 2 heterocycles. The number of aromatic nitrogens is 3. The number of benzene rings is 1. The van der Waals surface area contributed by atoms with Gasteiger partial charge in [0.25, 0.3) is 0 Å². The molecule has 0 spiro atoms. The second-order valence-electron chi connectivity index (χ2n) is 9.08. The second kappa shape index (κ2) is 10.5. The molecule has 0 saturated heterocycles. The fourth-order valence-electron chi connectivity index (χ4n) is 3.91. The van der Waals surface area contributed by atoms with E-state index in [1.807, 2.05) is 24.5 Å². The first-order valence-electron chi connectivity index (χ1n) is 10.8.